The molecular formula is C27H30N4O2. The van der Waals surface area contributed by atoms with Crippen LogP contribution in [0.3, 0.4) is 0 Å². The average molecular weight is 443 g/mol. The fraction of sp³-hybridized carbons (Fsp3) is 0.333. The van der Waals surface area contributed by atoms with Crippen molar-refractivity contribution in [1.82, 2.24) is 14.1 Å². The molecule has 0 radical (unpaired) electrons. The van der Waals surface area contributed by atoms with Crippen LogP contribution in [0.25, 0.3) is 22.2 Å². The Morgan fingerprint density at radius 2 is 1.88 bits per heavy atom. The summed E-state index contributed by atoms with van der Waals surface area (Å²) < 4.78 is 9.63. The molecule has 3 heterocycles. The number of hydrogen-bond donors (Lipinski definition) is 1. The van der Waals surface area contributed by atoms with Gasteiger partial charge in [-0.2, -0.15) is 0 Å². The number of pyridine rings is 1. The van der Waals surface area contributed by atoms with Crippen LogP contribution in [0.1, 0.15) is 31.4 Å². The number of nitrogens with one attached hydrogen (secondary N) is 1. The van der Waals surface area contributed by atoms with Gasteiger partial charge in [0.25, 0.3) is 5.56 Å². The summed E-state index contributed by atoms with van der Waals surface area (Å²) in [6.07, 6.45) is 5.95. The Balaban J connectivity index is 1.63. The Hall–Kier alpha value is -3.38. The number of anilines is 1. The SMILES string of the molecule is CCNc1cc(-c2ccc3ncn([C@@H](c4ccccc4)C4CCOCC4)c3c2)cn(C)c1=O. The first-order valence-corrected chi connectivity index (χ1v) is 11.7. The van der Waals surface area contributed by atoms with E-state index < -0.39 is 0 Å². The van der Waals surface area contributed by atoms with Crippen LogP contribution in [0.5, 0.6) is 0 Å². The first-order chi connectivity index (χ1) is 16.2. The molecule has 1 fully saturated rings. The summed E-state index contributed by atoms with van der Waals surface area (Å²) in [6.45, 7) is 4.30. The molecule has 4 aromatic rings. The fourth-order valence-corrected chi connectivity index (χ4v) is 4.96. The van der Waals surface area contributed by atoms with Gasteiger partial charge in [0.1, 0.15) is 5.69 Å². The van der Waals surface area contributed by atoms with Crippen molar-refractivity contribution >= 4 is 16.7 Å². The maximum Gasteiger partial charge on any atom is 0.273 e. The molecule has 2 aromatic heterocycles. The van der Waals surface area contributed by atoms with E-state index in [0.717, 1.165) is 48.2 Å². The second kappa shape index (κ2) is 9.24. The Morgan fingerprint density at radius 1 is 1.09 bits per heavy atom. The maximum atomic E-state index is 12.5. The topological polar surface area (TPSA) is 61.1 Å². The molecule has 0 saturated carbocycles. The Morgan fingerprint density at radius 3 is 2.64 bits per heavy atom. The molecule has 33 heavy (non-hydrogen) atoms. The van der Waals surface area contributed by atoms with E-state index in [4.69, 9.17) is 9.72 Å². The van der Waals surface area contributed by atoms with Gasteiger partial charge in [0.15, 0.2) is 0 Å². The normalized spacial score (nSPS) is 15.6. The predicted octanol–water partition coefficient (Wildman–Crippen LogP) is 4.85. The number of fused-ring (bicyclic) bond motifs is 1. The molecule has 1 aliphatic rings. The highest BCUT2D eigenvalue weighted by atomic mass is 16.5. The second-order valence-corrected chi connectivity index (χ2v) is 8.75. The van der Waals surface area contributed by atoms with E-state index in [1.807, 2.05) is 25.5 Å². The van der Waals surface area contributed by atoms with Gasteiger partial charge in [0.2, 0.25) is 0 Å². The number of ether oxygens (including phenoxy) is 1. The third-order valence-electron chi connectivity index (χ3n) is 6.61. The van der Waals surface area contributed by atoms with E-state index >= 15 is 0 Å². The third kappa shape index (κ3) is 4.18. The summed E-state index contributed by atoms with van der Waals surface area (Å²) in [5, 5.41) is 3.19. The van der Waals surface area contributed by atoms with Crippen LogP contribution in [0.15, 0.2) is 71.9 Å². The molecule has 1 atom stereocenters. The van der Waals surface area contributed by atoms with Crippen molar-refractivity contribution in [2.75, 3.05) is 25.1 Å². The van der Waals surface area contributed by atoms with Gasteiger partial charge in [-0.3, -0.25) is 4.79 Å². The van der Waals surface area contributed by atoms with Crippen LogP contribution in [0.2, 0.25) is 0 Å². The van der Waals surface area contributed by atoms with E-state index in [1.54, 1.807) is 11.6 Å². The van der Waals surface area contributed by atoms with E-state index in [2.05, 4.69) is 58.4 Å². The fourth-order valence-electron chi connectivity index (χ4n) is 4.96. The number of rotatable bonds is 6. The Labute approximate surface area is 193 Å². The summed E-state index contributed by atoms with van der Waals surface area (Å²) in [7, 11) is 1.80. The van der Waals surface area contributed by atoms with Gasteiger partial charge in [0, 0.05) is 38.6 Å². The molecule has 170 valence electrons. The summed E-state index contributed by atoms with van der Waals surface area (Å²) in [4.78, 5) is 17.2. The number of imidazole rings is 1. The van der Waals surface area contributed by atoms with E-state index in [9.17, 15) is 4.79 Å². The molecule has 5 rings (SSSR count). The zero-order chi connectivity index (χ0) is 22.8. The largest absolute Gasteiger partial charge is 0.381 e. The molecule has 1 aliphatic heterocycles. The molecule has 1 saturated heterocycles. The molecule has 6 nitrogen and oxygen atoms in total. The molecule has 2 aromatic carbocycles. The van der Waals surface area contributed by atoms with Crippen molar-refractivity contribution in [1.29, 1.82) is 0 Å². The number of nitrogens with zero attached hydrogens (tertiary/aromatic N) is 3. The first kappa shape index (κ1) is 21.5. The minimum absolute atomic E-state index is 0.0182. The molecule has 0 spiro atoms. The van der Waals surface area contributed by atoms with Gasteiger partial charge >= 0.3 is 0 Å². The maximum absolute atomic E-state index is 12.5. The minimum Gasteiger partial charge on any atom is -0.381 e. The van der Waals surface area contributed by atoms with Crippen LogP contribution in [-0.4, -0.2) is 33.9 Å². The van der Waals surface area contributed by atoms with Crippen LogP contribution in [0, 0.1) is 5.92 Å². The zero-order valence-corrected chi connectivity index (χ0v) is 19.2. The number of benzene rings is 2. The Bertz CT molecular complexity index is 1300. The highest BCUT2D eigenvalue weighted by Gasteiger charge is 2.28. The lowest BCUT2D eigenvalue weighted by molar-refractivity contribution is 0.0547. The highest BCUT2D eigenvalue weighted by molar-refractivity contribution is 5.83. The van der Waals surface area contributed by atoms with Crippen molar-refractivity contribution in [2.45, 2.75) is 25.8 Å². The number of hydrogen-bond acceptors (Lipinski definition) is 4. The van der Waals surface area contributed by atoms with Gasteiger partial charge < -0.3 is 19.2 Å². The van der Waals surface area contributed by atoms with Crippen LogP contribution >= 0.6 is 0 Å². The monoisotopic (exact) mass is 442 g/mol. The first-order valence-electron chi connectivity index (χ1n) is 11.7. The van der Waals surface area contributed by atoms with Gasteiger partial charge in [0.05, 0.1) is 23.4 Å². The van der Waals surface area contributed by atoms with Gasteiger partial charge in [-0.05, 0) is 55.0 Å². The molecule has 0 amide bonds. The van der Waals surface area contributed by atoms with Crippen molar-refractivity contribution in [3.05, 3.63) is 83.0 Å². The van der Waals surface area contributed by atoms with Crippen molar-refractivity contribution in [2.24, 2.45) is 13.0 Å². The van der Waals surface area contributed by atoms with Gasteiger partial charge in [-0.15, -0.1) is 0 Å². The van der Waals surface area contributed by atoms with Crippen molar-refractivity contribution in [3.63, 3.8) is 0 Å². The molecule has 6 heteroatoms. The van der Waals surface area contributed by atoms with Crippen molar-refractivity contribution in [3.8, 4) is 11.1 Å². The lowest BCUT2D eigenvalue weighted by Gasteiger charge is -2.32. The standard InChI is InChI=1S/C27H30N4O2/c1-3-28-24-15-22(17-30(2)27(24)32)21-9-10-23-25(16-21)31(18-29-23)26(19-7-5-4-6-8-19)20-11-13-33-14-12-20/h4-10,15-18,20,26,28H,3,11-14H2,1-2H3/t26-/m0/s1. The smallest absolute Gasteiger partial charge is 0.273 e. The second-order valence-electron chi connectivity index (χ2n) is 8.75. The van der Waals surface area contributed by atoms with Crippen LogP contribution < -0.4 is 10.9 Å². The molecule has 0 bridgehead atoms. The molecule has 0 aliphatic carbocycles. The van der Waals surface area contributed by atoms with E-state index in [1.165, 1.54) is 5.56 Å². The van der Waals surface area contributed by atoms with Gasteiger partial charge in [-0.25, -0.2) is 4.98 Å². The highest BCUT2D eigenvalue weighted by Crippen LogP contribution is 2.36. The lowest BCUT2D eigenvalue weighted by Crippen LogP contribution is -2.26. The van der Waals surface area contributed by atoms with Crippen LogP contribution in [0.4, 0.5) is 5.69 Å². The zero-order valence-electron chi connectivity index (χ0n) is 19.2. The summed E-state index contributed by atoms with van der Waals surface area (Å²) in [5.41, 5.74) is 6.05. The summed E-state index contributed by atoms with van der Waals surface area (Å²) in [5.74, 6) is 0.486. The molecule has 0 unspecified atom stereocenters. The molecular weight excluding hydrogens is 412 g/mol. The third-order valence-corrected chi connectivity index (χ3v) is 6.61. The minimum atomic E-state index is -0.0182. The van der Waals surface area contributed by atoms with Crippen LogP contribution in [-0.2, 0) is 11.8 Å². The summed E-state index contributed by atoms with van der Waals surface area (Å²) in [6, 6.07) is 19.2. The molecule has 1 N–H and O–H groups in total. The lowest BCUT2D eigenvalue weighted by atomic mass is 9.86. The number of aryl methyl sites for hydroxylation is 1. The van der Waals surface area contributed by atoms with Crippen molar-refractivity contribution < 1.29 is 4.74 Å². The van der Waals surface area contributed by atoms with Gasteiger partial charge in [-0.1, -0.05) is 36.4 Å². The summed E-state index contributed by atoms with van der Waals surface area (Å²) >= 11 is 0. The number of aromatic nitrogens is 3. The quantitative estimate of drug-likeness (QED) is 0.464. The Kier molecular flexibility index (Phi) is 6.01. The predicted molar refractivity (Wildman–Crippen MR) is 133 cm³/mol. The van der Waals surface area contributed by atoms with E-state index in [-0.39, 0.29) is 11.6 Å². The average Bonchev–Trinajstić information content (AvgIpc) is 3.26. The van der Waals surface area contributed by atoms with E-state index in [0.29, 0.717) is 18.2 Å².